The SMILES string of the molecule is COc1ccc(CCc2cc3c4c(ccc3s2)C2C3=C(C=CC42)SCC3)cc1. The lowest BCUT2D eigenvalue weighted by Crippen LogP contribution is -2.26. The highest BCUT2D eigenvalue weighted by atomic mass is 32.2. The van der Waals surface area contributed by atoms with Crippen LogP contribution in [0.4, 0.5) is 0 Å². The normalized spacial score (nSPS) is 22.0. The Labute approximate surface area is 174 Å². The number of ether oxygens (including phenoxy) is 1. The number of aryl methyl sites for hydroxylation is 2. The Bertz CT molecular complexity index is 1130. The third-order valence-corrected chi connectivity index (χ3v) is 8.73. The van der Waals surface area contributed by atoms with Crippen molar-refractivity contribution in [3.8, 4) is 5.75 Å². The van der Waals surface area contributed by atoms with Crippen molar-refractivity contribution >= 4 is 33.2 Å². The van der Waals surface area contributed by atoms with E-state index in [0.717, 1.165) is 18.6 Å². The molecule has 0 spiro atoms. The highest BCUT2D eigenvalue weighted by molar-refractivity contribution is 8.03. The third kappa shape index (κ3) is 2.53. The summed E-state index contributed by atoms with van der Waals surface area (Å²) < 4.78 is 6.72. The number of allylic oxidation sites excluding steroid dienone is 3. The van der Waals surface area contributed by atoms with Crippen LogP contribution in [0.15, 0.2) is 65.1 Å². The molecule has 0 fully saturated rings. The lowest BCUT2D eigenvalue weighted by Gasteiger charge is -2.42. The molecule has 6 rings (SSSR count). The Hall–Kier alpha value is -1.97. The molecule has 0 radical (unpaired) electrons. The van der Waals surface area contributed by atoms with E-state index >= 15 is 0 Å². The molecule has 3 aliphatic rings. The van der Waals surface area contributed by atoms with Crippen molar-refractivity contribution in [1.82, 2.24) is 0 Å². The zero-order chi connectivity index (χ0) is 18.7. The topological polar surface area (TPSA) is 9.23 Å². The molecular weight excluding hydrogens is 380 g/mol. The van der Waals surface area contributed by atoms with Crippen LogP contribution in [0.1, 0.15) is 39.8 Å². The van der Waals surface area contributed by atoms with E-state index < -0.39 is 0 Å². The predicted octanol–water partition coefficient (Wildman–Crippen LogP) is 6.84. The Morgan fingerprint density at radius 2 is 1.96 bits per heavy atom. The molecule has 28 heavy (non-hydrogen) atoms. The average molecular weight is 403 g/mol. The van der Waals surface area contributed by atoms with Gasteiger partial charge in [-0.25, -0.2) is 0 Å². The van der Waals surface area contributed by atoms with Crippen LogP contribution in [-0.4, -0.2) is 12.9 Å². The van der Waals surface area contributed by atoms with Gasteiger partial charge in [0.25, 0.3) is 0 Å². The Kier molecular flexibility index (Phi) is 3.95. The van der Waals surface area contributed by atoms with E-state index in [1.807, 2.05) is 23.1 Å². The van der Waals surface area contributed by atoms with Gasteiger partial charge in [0.15, 0.2) is 0 Å². The lowest BCUT2D eigenvalue weighted by atomic mass is 9.61. The molecular formula is C25H22OS2. The molecule has 2 unspecified atom stereocenters. The quantitative estimate of drug-likeness (QED) is 0.473. The molecule has 0 saturated carbocycles. The first-order valence-electron chi connectivity index (χ1n) is 10.0. The number of benzene rings is 2. The predicted molar refractivity (Wildman–Crippen MR) is 121 cm³/mol. The zero-order valence-electron chi connectivity index (χ0n) is 15.9. The van der Waals surface area contributed by atoms with Crippen LogP contribution in [0.25, 0.3) is 10.1 Å². The van der Waals surface area contributed by atoms with Gasteiger partial charge in [0, 0.05) is 32.1 Å². The first kappa shape index (κ1) is 16.9. The summed E-state index contributed by atoms with van der Waals surface area (Å²) in [6, 6.07) is 15.7. The fourth-order valence-electron chi connectivity index (χ4n) is 5.05. The maximum atomic E-state index is 5.26. The monoisotopic (exact) mass is 402 g/mol. The number of hydrogen-bond acceptors (Lipinski definition) is 3. The van der Waals surface area contributed by atoms with E-state index in [-0.39, 0.29) is 0 Å². The second kappa shape index (κ2) is 6.53. The molecule has 2 atom stereocenters. The maximum Gasteiger partial charge on any atom is 0.118 e. The van der Waals surface area contributed by atoms with Crippen molar-refractivity contribution in [2.75, 3.05) is 12.9 Å². The smallest absolute Gasteiger partial charge is 0.118 e. The molecule has 2 heterocycles. The van der Waals surface area contributed by atoms with Gasteiger partial charge in [0.2, 0.25) is 0 Å². The molecule has 1 nitrogen and oxygen atoms in total. The molecule has 0 bridgehead atoms. The van der Waals surface area contributed by atoms with Gasteiger partial charge in [0.1, 0.15) is 5.75 Å². The fraction of sp³-hybridized carbons (Fsp3) is 0.280. The fourth-order valence-corrected chi connectivity index (χ4v) is 7.26. The van der Waals surface area contributed by atoms with E-state index in [2.05, 4.69) is 54.6 Å². The second-order valence-corrected chi connectivity index (χ2v) is 10.2. The number of methoxy groups -OCH3 is 1. The van der Waals surface area contributed by atoms with Gasteiger partial charge in [-0.05, 0) is 71.2 Å². The van der Waals surface area contributed by atoms with Crippen LogP contribution in [0.5, 0.6) is 5.75 Å². The summed E-state index contributed by atoms with van der Waals surface area (Å²) in [5.41, 5.74) is 6.28. The van der Waals surface area contributed by atoms with E-state index in [4.69, 9.17) is 4.74 Å². The molecule has 0 amide bonds. The molecule has 2 aliphatic carbocycles. The number of rotatable bonds is 4. The molecule has 0 saturated heterocycles. The number of fused-ring (bicyclic) bond motifs is 7. The molecule has 3 heteroatoms. The molecule has 2 aromatic carbocycles. The first-order valence-corrected chi connectivity index (χ1v) is 11.8. The van der Waals surface area contributed by atoms with Crippen LogP contribution in [0.2, 0.25) is 0 Å². The highest BCUT2D eigenvalue weighted by Gasteiger charge is 2.43. The Morgan fingerprint density at radius 1 is 1.07 bits per heavy atom. The van der Waals surface area contributed by atoms with Crippen LogP contribution in [0.3, 0.4) is 0 Å². The van der Waals surface area contributed by atoms with Gasteiger partial charge in [-0.2, -0.15) is 0 Å². The van der Waals surface area contributed by atoms with Crippen molar-refractivity contribution in [3.05, 3.63) is 86.7 Å². The first-order chi connectivity index (χ1) is 13.8. The summed E-state index contributed by atoms with van der Waals surface area (Å²) in [5, 5.41) is 1.51. The van der Waals surface area contributed by atoms with Crippen LogP contribution in [0, 0.1) is 0 Å². The van der Waals surface area contributed by atoms with E-state index in [9.17, 15) is 0 Å². The second-order valence-electron chi connectivity index (χ2n) is 7.89. The van der Waals surface area contributed by atoms with Gasteiger partial charge >= 0.3 is 0 Å². The highest BCUT2D eigenvalue weighted by Crippen LogP contribution is 2.60. The number of hydrogen-bond donors (Lipinski definition) is 0. The summed E-state index contributed by atoms with van der Waals surface area (Å²) in [6.45, 7) is 0. The van der Waals surface area contributed by atoms with Crippen LogP contribution < -0.4 is 4.74 Å². The van der Waals surface area contributed by atoms with E-state index in [0.29, 0.717) is 11.8 Å². The average Bonchev–Trinajstić information content (AvgIpc) is 3.34. The molecule has 1 aliphatic heterocycles. The molecule has 0 N–H and O–H groups in total. The Balaban J connectivity index is 1.29. The van der Waals surface area contributed by atoms with Gasteiger partial charge in [-0.15, -0.1) is 23.1 Å². The number of thioether (sulfide) groups is 1. The summed E-state index contributed by atoms with van der Waals surface area (Å²) in [7, 11) is 1.72. The van der Waals surface area contributed by atoms with E-state index in [1.165, 1.54) is 32.7 Å². The summed E-state index contributed by atoms with van der Waals surface area (Å²) in [6.07, 6.45) is 8.33. The van der Waals surface area contributed by atoms with E-state index in [1.54, 1.807) is 28.7 Å². The lowest BCUT2D eigenvalue weighted by molar-refractivity contribution is 0.414. The van der Waals surface area contributed by atoms with Crippen molar-refractivity contribution < 1.29 is 4.74 Å². The van der Waals surface area contributed by atoms with Gasteiger partial charge in [-0.1, -0.05) is 30.4 Å². The maximum absolute atomic E-state index is 5.26. The van der Waals surface area contributed by atoms with Gasteiger partial charge in [0.05, 0.1) is 7.11 Å². The summed E-state index contributed by atoms with van der Waals surface area (Å²) in [4.78, 5) is 3.05. The minimum Gasteiger partial charge on any atom is -0.497 e. The van der Waals surface area contributed by atoms with Gasteiger partial charge in [-0.3, -0.25) is 0 Å². The third-order valence-electron chi connectivity index (χ3n) is 6.45. The molecule has 1 aromatic heterocycles. The van der Waals surface area contributed by atoms with Crippen LogP contribution >= 0.6 is 23.1 Å². The minimum atomic E-state index is 0.611. The standard InChI is InChI=1S/C25H22OS2/c1-26-16-5-2-15(3-6-16)4-7-17-14-21-23(28-17)11-9-20-24-18-12-13-27-22(18)10-8-19(24)25(20)21/h2-3,5-6,8-11,14,19,24H,4,7,12-13H2,1H3. The van der Waals surface area contributed by atoms with Crippen molar-refractivity contribution in [2.45, 2.75) is 31.1 Å². The largest absolute Gasteiger partial charge is 0.497 e. The minimum absolute atomic E-state index is 0.611. The zero-order valence-corrected chi connectivity index (χ0v) is 17.5. The molecule has 3 aromatic rings. The van der Waals surface area contributed by atoms with Gasteiger partial charge < -0.3 is 4.74 Å². The van der Waals surface area contributed by atoms with Crippen molar-refractivity contribution in [3.63, 3.8) is 0 Å². The summed E-state index contributed by atoms with van der Waals surface area (Å²) >= 11 is 4.02. The summed E-state index contributed by atoms with van der Waals surface area (Å²) in [5.74, 6) is 3.47. The molecule has 140 valence electrons. The van der Waals surface area contributed by atoms with Crippen molar-refractivity contribution in [1.29, 1.82) is 0 Å². The van der Waals surface area contributed by atoms with Crippen LogP contribution in [-0.2, 0) is 12.8 Å². The Morgan fingerprint density at radius 3 is 2.82 bits per heavy atom. The van der Waals surface area contributed by atoms with Crippen molar-refractivity contribution in [2.24, 2.45) is 0 Å². The number of thiophene rings is 1.